The molecule has 3 rings (SSSR count). The van der Waals surface area contributed by atoms with E-state index in [9.17, 15) is 9.18 Å². The van der Waals surface area contributed by atoms with E-state index >= 15 is 0 Å². The fraction of sp³-hybridized carbons (Fsp3) is 0.188. The van der Waals surface area contributed by atoms with Crippen molar-refractivity contribution in [3.8, 4) is 11.5 Å². The zero-order valence-electron chi connectivity index (χ0n) is 11.4. The summed E-state index contributed by atoms with van der Waals surface area (Å²) >= 11 is 0. The van der Waals surface area contributed by atoms with Gasteiger partial charge in [-0.2, -0.15) is 0 Å². The molecule has 108 valence electrons. The minimum atomic E-state index is -0.432. The Balaban J connectivity index is 1.74. The Labute approximate surface area is 121 Å². The second-order valence-electron chi connectivity index (χ2n) is 4.82. The minimum absolute atomic E-state index is 0.211. The van der Waals surface area contributed by atoms with Gasteiger partial charge in [0.25, 0.3) is 5.91 Å². The molecule has 0 radical (unpaired) electrons. The van der Waals surface area contributed by atoms with Crippen molar-refractivity contribution in [2.45, 2.75) is 13.0 Å². The monoisotopic (exact) mass is 287 g/mol. The number of nitrogens with one attached hydrogen (secondary N) is 1. The smallest absolute Gasteiger partial charge is 0.251 e. The summed E-state index contributed by atoms with van der Waals surface area (Å²) in [5.41, 5.74) is 1.19. The van der Waals surface area contributed by atoms with Gasteiger partial charge < -0.3 is 14.8 Å². The number of hydrogen-bond acceptors (Lipinski definition) is 3. The Bertz CT molecular complexity index is 687. The van der Waals surface area contributed by atoms with Crippen LogP contribution >= 0.6 is 0 Å². The number of benzene rings is 2. The average Bonchev–Trinajstić information content (AvgIpc) is 2.94. The SMILES string of the molecule is CC(NC(=O)c1cccc(F)c1)c1ccc2c(c1)OCO2. The lowest BCUT2D eigenvalue weighted by Crippen LogP contribution is -2.26. The predicted octanol–water partition coefficient (Wildman–Crippen LogP) is 3.05. The third-order valence-electron chi connectivity index (χ3n) is 3.33. The summed E-state index contributed by atoms with van der Waals surface area (Å²) in [5.74, 6) is 0.611. The van der Waals surface area contributed by atoms with Crippen LogP contribution in [-0.2, 0) is 0 Å². The molecule has 5 heteroatoms. The highest BCUT2D eigenvalue weighted by atomic mass is 19.1. The van der Waals surface area contributed by atoms with Crippen LogP contribution in [0, 0.1) is 5.82 Å². The molecule has 0 bridgehead atoms. The third kappa shape index (κ3) is 2.81. The maximum atomic E-state index is 13.1. The fourth-order valence-electron chi connectivity index (χ4n) is 2.18. The van der Waals surface area contributed by atoms with Gasteiger partial charge >= 0.3 is 0 Å². The third-order valence-corrected chi connectivity index (χ3v) is 3.33. The minimum Gasteiger partial charge on any atom is -0.454 e. The topological polar surface area (TPSA) is 47.6 Å². The van der Waals surface area contributed by atoms with Gasteiger partial charge in [-0.3, -0.25) is 4.79 Å². The largest absolute Gasteiger partial charge is 0.454 e. The highest BCUT2D eigenvalue weighted by molar-refractivity contribution is 5.94. The molecule has 1 atom stereocenters. The Hall–Kier alpha value is -2.56. The van der Waals surface area contributed by atoms with Crippen molar-refractivity contribution in [1.29, 1.82) is 0 Å². The number of ether oxygens (including phenoxy) is 2. The zero-order valence-corrected chi connectivity index (χ0v) is 11.4. The van der Waals surface area contributed by atoms with Gasteiger partial charge in [-0.1, -0.05) is 12.1 Å². The summed E-state index contributed by atoms with van der Waals surface area (Å²) in [5, 5.41) is 2.83. The van der Waals surface area contributed by atoms with Gasteiger partial charge in [0.2, 0.25) is 6.79 Å². The molecule has 4 nitrogen and oxygen atoms in total. The summed E-state index contributed by atoms with van der Waals surface area (Å²) in [6.07, 6.45) is 0. The maximum absolute atomic E-state index is 13.1. The average molecular weight is 287 g/mol. The number of carbonyl (C=O) groups is 1. The standard InChI is InChI=1S/C16H14FNO3/c1-10(11-5-6-14-15(8-11)21-9-20-14)18-16(19)12-3-2-4-13(17)7-12/h2-8,10H,9H2,1H3,(H,18,19). The van der Waals surface area contributed by atoms with Crippen LogP contribution in [0.3, 0.4) is 0 Å². The number of carbonyl (C=O) groups excluding carboxylic acids is 1. The summed E-state index contributed by atoms with van der Waals surface area (Å²) in [4.78, 5) is 12.1. The molecule has 21 heavy (non-hydrogen) atoms. The fourth-order valence-corrected chi connectivity index (χ4v) is 2.18. The lowest BCUT2D eigenvalue weighted by Gasteiger charge is -2.15. The second-order valence-corrected chi connectivity index (χ2v) is 4.82. The van der Waals surface area contributed by atoms with Crippen LogP contribution in [0.5, 0.6) is 11.5 Å². The van der Waals surface area contributed by atoms with Crippen molar-refractivity contribution >= 4 is 5.91 Å². The molecule has 0 aromatic heterocycles. The molecule has 0 spiro atoms. The van der Waals surface area contributed by atoms with Crippen molar-refractivity contribution in [2.24, 2.45) is 0 Å². The van der Waals surface area contributed by atoms with E-state index in [1.165, 1.54) is 18.2 Å². The van der Waals surface area contributed by atoms with Crippen molar-refractivity contribution < 1.29 is 18.7 Å². The van der Waals surface area contributed by atoms with E-state index in [2.05, 4.69) is 5.32 Å². The van der Waals surface area contributed by atoms with Crippen LogP contribution in [0.4, 0.5) is 4.39 Å². The van der Waals surface area contributed by atoms with Crippen LogP contribution in [0.15, 0.2) is 42.5 Å². The molecule has 1 unspecified atom stereocenters. The molecule has 1 amide bonds. The van der Waals surface area contributed by atoms with Crippen molar-refractivity contribution in [2.75, 3.05) is 6.79 Å². The van der Waals surface area contributed by atoms with Crippen LogP contribution in [-0.4, -0.2) is 12.7 Å². The van der Waals surface area contributed by atoms with Gasteiger partial charge in [0.15, 0.2) is 11.5 Å². The van der Waals surface area contributed by atoms with E-state index in [4.69, 9.17) is 9.47 Å². The lowest BCUT2D eigenvalue weighted by atomic mass is 10.1. The molecule has 1 aliphatic rings. The van der Waals surface area contributed by atoms with Crippen molar-refractivity contribution in [3.63, 3.8) is 0 Å². The Morgan fingerprint density at radius 3 is 2.81 bits per heavy atom. The summed E-state index contributed by atoms with van der Waals surface area (Å²) in [7, 11) is 0. The summed E-state index contributed by atoms with van der Waals surface area (Å²) in [6.45, 7) is 2.07. The van der Waals surface area contributed by atoms with Gasteiger partial charge in [0.1, 0.15) is 5.82 Å². The van der Waals surface area contributed by atoms with E-state index in [0.717, 1.165) is 5.56 Å². The number of hydrogen-bond donors (Lipinski definition) is 1. The molecule has 2 aromatic carbocycles. The molecular formula is C16H14FNO3. The Morgan fingerprint density at radius 1 is 1.19 bits per heavy atom. The Kier molecular flexibility index (Phi) is 3.48. The molecule has 0 saturated heterocycles. The van der Waals surface area contributed by atoms with E-state index in [0.29, 0.717) is 17.1 Å². The highest BCUT2D eigenvalue weighted by Crippen LogP contribution is 2.34. The molecule has 2 aromatic rings. The maximum Gasteiger partial charge on any atom is 0.251 e. The zero-order chi connectivity index (χ0) is 14.8. The van der Waals surface area contributed by atoms with E-state index < -0.39 is 5.82 Å². The number of amides is 1. The number of halogens is 1. The van der Waals surface area contributed by atoms with Crippen LogP contribution in [0.1, 0.15) is 28.9 Å². The van der Waals surface area contributed by atoms with Crippen molar-refractivity contribution in [3.05, 3.63) is 59.4 Å². The van der Waals surface area contributed by atoms with Gasteiger partial charge in [0.05, 0.1) is 6.04 Å². The van der Waals surface area contributed by atoms with E-state index in [-0.39, 0.29) is 18.7 Å². The molecule has 0 aliphatic carbocycles. The quantitative estimate of drug-likeness (QED) is 0.944. The molecule has 0 saturated carbocycles. The summed E-state index contributed by atoms with van der Waals surface area (Å²) < 4.78 is 23.7. The second kappa shape index (κ2) is 5.44. The van der Waals surface area contributed by atoms with E-state index in [1.807, 2.05) is 25.1 Å². The Morgan fingerprint density at radius 2 is 2.00 bits per heavy atom. The number of fused-ring (bicyclic) bond motifs is 1. The molecule has 0 fully saturated rings. The van der Waals surface area contributed by atoms with E-state index in [1.54, 1.807) is 6.07 Å². The first-order valence-corrected chi connectivity index (χ1v) is 6.59. The highest BCUT2D eigenvalue weighted by Gasteiger charge is 2.17. The lowest BCUT2D eigenvalue weighted by molar-refractivity contribution is 0.0939. The van der Waals surface area contributed by atoms with Gasteiger partial charge in [-0.15, -0.1) is 0 Å². The van der Waals surface area contributed by atoms with Crippen LogP contribution in [0.25, 0.3) is 0 Å². The molecule has 1 heterocycles. The molecule has 1 N–H and O–H groups in total. The van der Waals surface area contributed by atoms with Crippen LogP contribution < -0.4 is 14.8 Å². The van der Waals surface area contributed by atoms with Gasteiger partial charge in [-0.25, -0.2) is 4.39 Å². The first-order chi connectivity index (χ1) is 10.1. The van der Waals surface area contributed by atoms with Gasteiger partial charge in [0, 0.05) is 5.56 Å². The van der Waals surface area contributed by atoms with Crippen LogP contribution in [0.2, 0.25) is 0 Å². The van der Waals surface area contributed by atoms with Crippen molar-refractivity contribution in [1.82, 2.24) is 5.32 Å². The molecular weight excluding hydrogens is 273 g/mol. The summed E-state index contributed by atoms with van der Waals surface area (Å²) in [6, 6.07) is 10.9. The molecule has 1 aliphatic heterocycles. The predicted molar refractivity (Wildman–Crippen MR) is 74.8 cm³/mol. The number of rotatable bonds is 3. The first kappa shape index (κ1) is 13.4. The normalized spacial score (nSPS) is 13.8. The first-order valence-electron chi connectivity index (χ1n) is 6.59. The van der Waals surface area contributed by atoms with Gasteiger partial charge in [-0.05, 0) is 42.8 Å².